The molecule has 1 aliphatic rings. The van der Waals surface area contributed by atoms with Crippen LogP contribution in [0, 0.1) is 5.92 Å². The highest BCUT2D eigenvalue weighted by Crippen LogP contribution is 2.26. The van der Waals surface area contributed by atoms with Gasteiger partial charge in [0, 0.05) is 23.7 Å². The Morgan fingerprint density at radius 3 is 2.79 bits per heavy atom. The summed E-state index contributed by atoms with van der Waals surface area (Å²) in [5, 5.41) is 3.62. The maximum absolute atomic E-state index is 12.3. The molecule has 0 spiro atoms. The number of rotatable bonds is 5. The summed E-state index contributed by atoms with van der Waals surface area (Å²) in [6, 6.07) is 6.67. The first-order chi connectivity index (χ1) is 11.5. The highest BCUT2D eigenvalue weighted by atomic mass is 32.2. The number of ether oxygens (including phenoxy) is 1. The maximum Gasteiger partial charge on any atom is 0.310 e. The zero-order chi connectivity index (χ0) is 17.5. The van der Waals surface area contributed by atoms with Crippen molar-refractivity contribution >= 4 is 40.7 Å². The van der Waals surface area contributed by atoms with Gasteiger partial charge in [-0.05, 0) is 56.2 Å². The fourth-order valence-electron chi connectivity index (χ4n) is 2.54. The van der Waals surface area contributed by atoms with Crippen molar-refractivity contribution in [2.24, 2.45) is 5.92 Å². The summed E-state index contributed by atoms with van der Waals surface area (Å²) in [5.74, 6) is -2.78. The molecule has 1 fully saturated rings. The Morgan fingerprint density at radius 2 is 2.17 bits per heavy atom. The second-order valence-electron chi connectivity index (χ2n) is 5.37. The van der Waals surface area contributed by atoms with Crippen molar-refractivity contribution in [3.05, 3.63) is 24.3 Å². The van der Waals surface area contributed by atoms with Gasteiger partial charge in [-0.2, -0.15) is 8.78 Å². The van der Waals surface area contributed by atoms with Crippen LogP contribution in [0.15, 0.2) is 29.2 Å². The van der Waals surface area contributed by atoms with Crippen molar-refractivity contribution in [2.75, 3.05) is 25.0 Å². The van der Waals surface area contributed by atoms with Gasteiger partial charge in [0.15, 0.2) is 5.11 Å². The number of nitrogens with one attached hydrogen (secondary N) is 1. The molecule has 0 saturated carbocycles. The van der Waals surface area contributed by atoms with Gasteiger partial charge in [-0.15, -0.1) is 0 Å². The van der Waals surface area contributed by atoms with Crippen molar-refractivity contribution < 1.29 is 18.3 Å². The minimum Gasteiger partial charge on any atom is -0.466 e. The lowest BCUT2D eigenvalue weighted by molar-refractivity contribution is -0.149. The summed E-state index contributed by atoms with van der Waals surface area (Å²) in [6.07, 6.45) is 1.67. The molecule has 1 heterocycles. The number of alkyl halides is 2. The number of piperidine rings is 1. The molecular formula is C16H20F2N2O2S2. The van der Waals surface area contributed by atoms with Gasteiger partial charge < -0.3 is 15.0 Å². The first kappa shape index (κ1) is 18.9. The molecule has 0 aromatic heterocycles. The lowest BCUT2D eigenvalue weighted by Crippen LogP contribution is -2.44. The van der Waals surface area contributed by atoms with Crippen LogP contribution in [0.2, 0.25) is 0 Å². The smallest absolute Gasteiger partial charge is 0.310 e. The number of hydrogen-bond donors (Lipinski definition) is 1. The van der Waals surface area contributed by atoms with Crippen molar-refractivity contribution in [1.82, 2.24) is 4.90 Å². The Bertz CT molecular complexity index is 570. The van der Waals surface area contributed by atoms with Gasteiger partial charge in [0.2, 0.25) is 0 Å². The molecule has 0 aliphatic carbocycles. The molecular weight excluding hydrogens is 354 g/mol. The molecule has 0 unspecified atom stereocenters. The van der Waals surface area contributed by atoms with Crippen LogP contribution in [0.1, 0.15) is 19.8 Å². The van der Waals surface area contributed by atoms with Gasteiger partial charge in [-0.3, -0.25) is 4.79 Å². The molecule has 1 aromatic rings. The molecule has 132 valence electrons. The number of nitrogens with zero attached hydrogens (tertiary/aromatic N) is 1. The summed E-state index contributed by atoms with van der Waals surface area (Å²) >= 11 is 5.91. The van der Waals surface area contributed by atoms with Crippen molar-refractivity contribution in [3.8, 4) is 0 Å². The van der Waals surface area contributed by atoms with Crippen LogP contribution in [0.4, 0.5) is 14.5 Å². The minimum absolute atomic E-state index is 0.164. The number of benzene rings is 1. The van der Waals surface area contributed by atoms with Crippen molar-refractivity contribution in [3.63, 3.8) is 0 Å². The Morgan fingerprint density at radius 1 is 1.46 bits per heavy atom. The molecule has 0 radical (unpaired) electrons. The monoisotopic (exact) mass is 374 g/mol. The molecule has 24 heavy (non-hydrogen) atoms. The minimum atomic E-state index is -2.43. The third-order valence-electron chi connectivity index (χ3n) is 3.66. The van der Waals surface area contributed by atoms with Crippen LogP contribution in [0.5, 0.6) is 0 Å². The first-order valence-corrected chi connectivity index (χ1v) is 9.05. The number of carbonyl (C=O) groups is 1. The topological polar surface area (TPSA) is 41.6 Å². The number of anilines is 1. The van der Waals surface area contributed by atoms with Crippen molar-refractivity contribution in [2.45, 2.75) is 30.4 Å². The first-order valence-electron chi connectivity index (χ1n) is 7.77. The Balaban J connectivity index is 1.90. The van der Waals surface area contributed by atoms with Crippen LogP contribution in [0.3, 0.4) is 0 Å². The highest BCUT2D eigenvalue weighted by Gasteiger charge is 2.28. The van der Waals surface area contributed by atoms with Crippen LogP contribution >= 0.6 is 24.0 Å². The summed E-state index contributed by atoms with van der Waals surface area (Å²) < 4.78 is 29.7. The van der Waals surface area contributed by atoms with Gasteiger partial charge in [0.05, 0.1) is 12.5 Å². The van der Waals surface area contributed by atoms with E-state index in [1.807, 2.05) is 4.90 Å². The van der Waals surface area contributed by atoms with E-state index in [4.69, 9.17) is 17.0 Å². The van der Waals surface area contributed by atoms with E-state index in [0.717, 1.165) is 25.1 Å². The number of esters is 1. The van der Waals surface area contributed by atoms with E-state index in [1.54, 1.807) is 31.2 Å². The average Bonchev–Trinajstić information content (AvgIpc) is 2.56. The van der Waals surface area contributed by atoms with Gasteiger partial charge >= 0.3 is 5.97 Å². The van der Waals surface area contributed by atoms with Gasteiger partial charge in [-0.1, -0.05) is 11.8 Å². The number of thiocarbonyl (C=S) groups is 1. The highest BCUT2D eigenvalue weighted by molar-refractivity contribution is 7.99. The molecule has 1 atom stereocenters. The lowest BCUT2D eigenvalue weighted by Gasteiger charge is -2.33. The lowest BCUT2D eigenvalue weighted by atomic mass is 9.98. The van der Waals surface area contributed by atoms with Crippen LogP contribution in [0.25, 0.3) is 0 Å². The van der Waals surface area contributed by atoms with E-state index in [9.17, 15) is 13.6 Å². The van der Waals surface area contributed by atoms with E-state index >= 15 is 0 Å². The Labute approximate surface area is 149 Å². The van der Waals surface area contributed by atoms with Gasteiger partial charge in [0.1, 0.15) is 0 Å². The maximum atomic E-state index is 12.3. The molecule has 4 nitrogen and oxygen atoms in total. The van der Waals surface area contributed by atoms with Crippen molar-refractivity contribution in [1.29, 1.82) is 0 Å². The molecule has 1 aliphatic heterocycles. The van der Waals surface area contributed by atoms with E-state index in [0.29, 0.717) is 34.9 Å². The summed E-state index contributed by atoms with van der Waals surface area (Å²) in [4.78, 5) is 14.3. The summed E-state index contributed by atoms with van der Waals surface area (Å²) in [7, 11) is 0. The third-order valence-corrected chi connectivity index (χ3v) is 4.74. The SMILES string of the molecule is CCOC(=O)[C@@H]1CCCN(C(=S)Nc2ccc(SC(F)F)cc2)C1. The molecule has 1 N–H and O–H groups in total. The van der Waals surface area contributed by atoms with Gasteiger partial charge in [-0.25, -0.2) is 0 Å². The van der Waals surface area contributed by atoms with E-state index in [1.165, 1.54) is 0 Å². The normalized spacial score (nSPS) is 17.7. The van der Waals surface area contributed by atoms with Gasteiger partial charge in [0.25, 0.3) is 5.76 Å². The standard InChI is InChI=1S/C16H20F2N2O2S2/c1-2-22-14(21)11-4-3-9-20(10-11)16(23)19-12-5-7-13(8-6-12)24-15(17)18/h5-8,11,15H,2-4,9-10H2,1H3,(H,19,23)/t11-/m1/s1. The summed E-state index contributed by atoms with van der Waals surface area (Å²) in [6.45, 7) is 3.48. The predicted molar refractivity (Wildman–Crippen MR) is 95.5 cm³/mol. The van der Waals surface area contributed by atoms with E-state index < -0.39 is 5.76 Å². The second kappa shape index (κ2) is 9.17. The van der Waals surface area contributed by atoms with E-state index in [-0.39, 0.29) is 11.9 Å². The zero-order valence-corrected chi connectivity index (χ0v) is 15.0. The number of hydrogen-bond acceptors (Lipinski definition) is 4. The Kier molecular flexibility index (Phi) is 7.23. The molecule has 8 heteroatoms. The van der Waals surface area contributed by atoms with E-state index in [2.05, 4.69) is 5.32 Å². The van der Waals surface area contributed by atoms with Crippen LogP contribution in [-0.2, 0) is 9.53 Å². The number of thioether (sulfide) groups is 1. The number of halogens is 2. The fraction of sp³-hybridized carbons (Fsp3) is 0.500. The largest absolute Gasteiger partial charge is 0.466 e. The molecule has 1 saturated heterocycles. The number of carbonyl (C=O) groups excluding carboxylic acids is 1. The third kappa shape index (κ3) is 5.59. The molecule has 0 amide bonds. The summed E-state index contributed by atoms with van der Waals surface area (Å²) in [5.41, 5.74) is 0.733. The number of likely N-dealkylation sites (tertiary alicyclic amines) is 1. The molecule has 0 bridgehead atoms. The fourth-order valence-corrected chi connectivity index (χ4v) is 3.32. The second-order valence-corrected chi connectivity index (χ2v) is 6.82. The quantitative estimate of drug-likeness (QED) is 0.478. The predicted octanol–water partition coefficient (Wildman–Crippen LogP) is 3.97. The molecule has 2 rings (SSSR count). The Hall–Kier alpha value is -1.41. The zero-order valence-electron chi connectivity index (χ0n) is 13.3. The molecule has 1 aromatic carbocycles. The average molecular weight is 374 g/mol. The van der Waals surface area contributed by atoms with Crippen LogP contribution in [-0.4, -0.2) is 41.4 Å². The van der Waals surface area contributed by atoms with Crippen LogP contribution < -0.4 is 5.32 Å².